The van der Waals surface area contributed by atoms with Gasteiger partial charge in [0, 0.05) is 12.6 Å². The van der Waals surface area contributed by atoms with Crippen molar-refractivity contribution < 1.29 is 23.9 Å². The Morgan fingerprint density at radius 2 is 1.96 bits per heavy atom. The highest BCUT2D eigenvalue weighted by molar-refractivity contribution is 6.30. The van der Waals surface area contributed by atoms with Gasteiger partial charge in [0.25, 0.3) is 5.91 Å². The van der Waals surface area contributed by atoms with Gasteiger partial charge in [-0.3, -0.25) is 4.79 Å². The van der Waals surface area contributed by atoms with Crippen molar-refractivity contribution in [3.63, 3.8) is 0 Å². The molecule has 1 unspecified atom stereocenters. The standard InChI is InChI=1S/C17H17ClN2O5/c1-24-16(22)14(7-11-5-3-2-4-6-11)20-15(21)10-25-17(23)13-8-12(18)9-19-13/h2-6,8-9,14,19H,7,10H2,1H3,(H,20,21). The maximum atomic E-state index is 12.0. The monoisotopic (exact) mass is 364 g/mol. The van der Waals surface area contributed by atoms with Crippen molar-refractivity contribution in [3.05, 3.63) is 58.9 Å². The van der Waals surface area contributed by atoms with Crippen LogP contribution in [-0.4, -0.2) is 42.6 Å². The van der Waals surface area contributed by atoms with E-state index in [-0.39, 0.29) is 12.1 Å². The third-order valence-corrected chi connectivity index (χ3v) is 3.52. The number of carbonyl (C=O) groups excluding carboxylic acids is 3. The van der Waals surface area contributed by atoms with Gasteiger partial charge in [-0.2, -0.15) is 0 Å². The van der Waals surface area contributed by atoms with E-state index in [1.165, 1.54) is 19.4 Å². The van der Waals surface area contributed by atoms with Crippen LogP contribution in [0.15, 0.2) is 42.6 Å². The highest BCUT2D eigenvalue weighted by atomic mass is 35.5. The van der Waals surface area contributed by atoms with Gasteiger partial charge in [0.05, 0.1) is 12.1 Å². The van der Waals surface area contributed by atoms with Gasteiger partial charge in [-0.15, -0.1) is 0 Å². The number of aromatic nitrogens is 1. The van der Waals surface area contributed by atoms with Crippen molar-refractivity contribution in [2.75, 3.05) is 13.7 Å². The van der Waals surface area contributed by atoms with Gasteiger partial charge in [-0.1, -0.05) is 41.9 Å². The molecule has 1 amide bonds. The molecule has 0 aliphatic heterocycles. The number of methoxy groups -OCH3 is 1. The molecule has 1 heterocycles. The van der Waals surface area contributed by atoms with E-state index < -0.39 is 30.5 Å². The lowest BCUT2D eigenvalue weighted by atomic mass is 10.1. The predicted molar refractivity (Wildman–Crippen MR) is 90.2 cm³/mol. The molecule has 0 radical (unpaired) electrons. The molecule has 25 heavy (non-hydrogen) atoms. The van der Waals surface area contributed by atoms with Gasteiger partial charge < -0.3 is 19.8 Å². The Bertz CT molecular complexity index is 745. The number of carbonyl (C=O) groups is 3. The SMILES string of the molecule is COC(=O)C(Cc1ccccc1)NC(=O)COC(=O)c1cc(Cl)c[nH]1. The van der Waals surface area contributed by atoms with E-state index in [1.54, 1.807) is 0 Å². The quantitative estimate of drug-likeness (QED) is 0.729. The second-order valence-corrected chi connectivity index (χ2v) is 5.58. The highest BCUT2D eigenvalue weighted by Gasteiger charge is 2.22. The van der Waals surface area contributed by atoms with Crippen molar-refractivity contribution in [2.24, 2.45) is 0 Å². The number of hydrogen-bond acceptors (Lipinski definition) is 5. The summed E-state index contributed by atoms with van der Waals surface area (Å²) in [6, 6.07) is 9.67. The Morgan fingerprint density at radius 3 is 2.56 bits per heavy atom. The van der Waals surface area contributed by atoms with Crippen molar-refractivity contribution in [3.8, 4) is 0 Å². The molecule has 1 aromatic heterocycles. The van der Waals surface area contributed by atoms with E-state index in [1.807, 2.05) is 30.3 Å². The minimum atomic E-state index is -0.876. The predicted octanol–water partition coefficient (Wildman–Crippen LogP) is 1.73. The maximum Gasteiger partial charge on any atom is 0.355 e. The fourth-order valence-electron chi connectivity index (χ4n) is 2.12. The fourth-order valence-corrected chi connectivity index (χ4v) is 2.28. The number of ether oxygens (including phenoxy) is 2. The van der Waals surface area contributed by atoms with Crippen LogP contribution in [0.1, 0.15) is 16.1 Å². The van der Waals surface area contributed by atoms with Crippen molar-refractivity contribution >= 4 is 29.4 Å². The lowest BCUT2D eigenvalue weighted by Crippen LogP contribution is -2.44. The molecule has 7 nitrogen and oxygen atoms in total. The van der Waals surface area contributed by atoms with E-state index in [0.29, 0.717) is 5.02 Å². The summed E-state index contributed by atoms with van der Waals surface area (Å²) in [5, 5.41) is 2.85. The Hall–Kier alpha value is -2.80. The Balaban J connectivity index is 1.90. The lowest BCUT2D eigenvalue weighted by molar-refractivity contribution is -0.145. The van der Waals surface area contributed by atoms with Crippen LogP contribution < -0.4 is 5.32 Å². The molecule has 0 spiro atoms. The molecule has 0 aliphatic carbocycles. The normalized spacial score (nSPS) is 11.4. The summed E-state index contributed by atoms with van der Waals surface area (Å²) in [5.74, 6) is -1.92. The third kappa shape index (κ3) is 5.65. The number of halogens is 1. The molecule has 2 aromatic rings. The molecule has 0 fully saturated rings. The first kappa shape index (κ1) is 18.5. The number of esters is 2. The van der Waals surface area contributed by atoms with Crippen LogP contribution in [0.25, 0.3) is 0 Å². The average Bonchev–Trinajstić information content (AvgIpc) is 3.06. The number of hydrogen-bond donors (Lipinski definition) is 2. The molecule has 0 aliphatic rings. The molecule has 8 heteroatoms. The number of benzene rings is 1. The van der Waals surface area contributed by atoms with Gasteiger partial charge in [0.15, 0.2) is 6.61 Å². The van der Waals surface area contributed by atoms with Gasteiger partial charge >= 0.3 is 11.9 Å². The van der Waals surface area contributed by atoms with E-state index >= 15 is 0 Å². The summed E-state index contributed by atoms with van der Waals surface area (Å²) in [5.41, 5.74) is 0.989. The second kappa shape index (κ2) is 8.89. The van der Waals surface area contributed by atoms with Crippen molar-refractivity contribution in [1.82, 2.24) is 10.3 Å². The zero-order valence-corrected chi connectivity index (χ0v) is 14.2. The van der Waals surface area contributed by atoms with Crippen LogP contribution in [0.2, 0.25) is 5.02 Å². The minimum absolute atomic E-state index is 0.131. The number of H-pyrrole nitrogens is 1. The van der Waals surface area contributed by atoms with Crippen LogP contribution in [-0.2, 0) is 25.5 Å². The van der Waals surface area contributed by atoms with Gasteiger partial charge in [-0.25, -0.2) is 9.59 Å². The van der Waals surface area contributed by atoms with Crippen LogP contribution in [0.4, 0.5) is 0 Å². The van der Waals surface area contributed by atoms with Crippen molar-refractivity contribution in [1.29, 1.82) is 0 Å². The Labute approximate surface area is 149 Å². The first-order chi connectivity index (χ1) is 12.0. The number of aromatic amines is 1. The molecule has 0 bridgehead atoms. The first-order valence-electron chi connectivity index (χ1n) is 7.41. The number of amides is 1. The lowest BCUT2D eigenvalue weighted by Gasteiger charge is -2.16. The zero-order chi connectivity index (χ0) is 18.2. The molecular formula is C17H17ClN2O5. The molecular weight excluding hydrogens is 348 g/mol. The molecule has 1 aromatic carbocycles. The van der Waals surface area contributed by atoms with E-state index in [4.69, 9.17) is 21.1 Å². The highest BCUT2D eigenvalue weighted by Crippen LogP contribution is 2.10. The maximum absolute atomic E-state index is 12.0. The van der Waals surface area contributed by atoms with E-state index in [2.05, 4.69) is 10.3 Å². The Morgan fingerprint density at radius 1 is 1.24 bits per heavy atom. The minimum Gasteiger partial charge on any atom is -0.467 e. The fraction of sp³-hybridized carbons (Fsp3) is 0.235. The third-order valence-electron chi connectivity index (χ3n) is 3.31. The molecule has 2 N–H and O–H groups in total. The second-order valence-electron chi connectivity index (χ2n) is 5.14. The van der Waals surface area contributed by atoms with Gasteiger partial charge in [-0.05, 0) is 11.6 Å². The summed E-state index contributed by atoms with van der Waals surface area (Å²) < 4.78 is 9.58. The summed E-state index contributed by atoms with van der Waals surface area (Å²) in [7, 11) is 1.24. The number of nitrogens with one attached hydrogen (secondary N) is 2. The summed E-state index contributed by atoms with van der Waals surface area (Å²) in [6.07, 6.45) is 1.69. The van der Waals surface area contributed by atoms with Crippen molar-refractivity contribution in [2.45, 2.75) is 12.5 Å². The molecule has 1 atom stereocenters. The van der Waals surface area contributed by atoms with Crippen LogP contribution in [0, 0.1) is 0 Å². The van der Waals surface area contributed by atoms with Crippen LogP contribution in [0.3, 0.4) is 0 Å². The van der Waals surface area contributed by atoms with Crippen LogP contribution >= 0.6 is 11.6 Å². The van der Waals surface area contributed by atoms with E-state index in [0.717, 1.165) is 5.56 Å². The van der Waals surface area contributed by atoms with E-state index in [9.17, 15) is 14.4 Å². The smallest absolute Gasteiger partial charge is 0.355 e. The Kier molecular flexibility index (Phi) is 6.59. The zero-order valence-electron chi connectivity index (χ0n) is 13.5. The van der Waals surface area contributed by atoms with Gasteiger partial charge in [0.1, 0.15) is 11.7 Å². The summed E-state index contributed by atoms with van der Waals surface area (Å²) >= 11 is 5.69. The largest absolute Gasteiger partial charge is 0.467 e. The molecule has 0 saturated carbocycles. The average molecular weight is 365 g/mol. The molecule has 0 saturated heterocycles. The first-order valence-corrected chi connectivity index (χ1v) is 7.79. The van der Waals surface area contributed by atoms with Gasteiger partial charge in [0.2, 0.25) is 0 Å². The summed E-state index contributed by atoms with van der Waals surface area (Å²) in [6.45, 7) is -0.530. The summed E-state index contributed by atoms with van der Waals surface area (Å²) in [4.78, 5) is 38.2. The topological polar surface area (TPSA) is 97.5 Å². The molecule has 132 valence electrons. The molecule has 2 rings (SSSR count). The number of rotatable bonds is 7. The van der Waals surface area contributed by atoms with Crippen LogP contribution in [0.5, 0.6) is 0 Å².